The molecule has 7 aromatic rings. The topological polar surface area (TPSA) is 60.4 Å². The maximum absolute atomic E-state index is 14.5. The van der Waals surface area contributed by atoms with Gasteiger partial charge >= 0.3 is 0 Å². The van der Waals surface area contributed by atoms with Gasteiger partial charge in [0.15, 0.2) is 0 Å². The van der Waals surface area contributed by atoms with Crippen molar-refractivity contribution in [1.29, 1.82) is 0 Å². The third kappa shape index (κ3) is 2.53. The van der Waals surface area contributed by atoms with E-state index in [1.165, 1.54) is 119 Å². The third-order valence-corrected chi connectivity index (χ3v) is 15.6. The van der Waals surface area contributed by atoms with Gasteiger partial charge in [-0.1, -0.05) is 12.1 Å². The Labute approximate surface area is 270 Å². The van der Waals surface area contributed by atoms with E-state index >= 15 is 0 Å². The first-order valence-corrected chi connectivity index (χ1v) is 18.5. The van der Waals surface area contributed by atoms with E-state index in [-0.39, 0.29) is 5.43 Å². The van der Waals surface area contributed by atoms with Crippen molar-refractivity contribution in [3.8, 4) is 0 Å². The predicted molar refractivity (Wildman–Crippen MR) is 184 cm³/mol. The van der Waals surface area contributed by atoms with Crippen molar-refractivity contribution >= 4 is 60.0 Å². The van der Waals surface area contributed by atoms with Gasteiger partial charge in [-0.15, -0.1) is 0 Å². The van der Waals surface area contributed by atoms with Gasteiger partial charge in [-0.2, -0.15) is 0 Å². The molecule has 7 bridgehead atoms. The summed E-state index contributed by atoms with van der Waals surface area (Å²) in [5.74, 6) is 5.68. The van der Waals surface area contributed by atoms with E-state index in [0.717, 1.165) is 40.0 Å². The lowest BCUT2D eigenvalue weighted by molar-refractivity contribution is 0.00321. The molecular formula is C42H35N3O2. The maximum Gasteiger partial charge on any atom is 0.200 e. The molecule has 5 aromatic heterocycles. The Morgan fingerprint density at radius 1 is 0.681 bits per heavy atom. The summed E-state index contributed by atoms with van der Waals surface area (Å²) in [7, 11) is 0. The van der Waals surface area contributed by atoms with E-state index in [0.29, 0.717) is 40.1 Å². The second-order valence-electron chi connectivity index (χ2n) is 17.4. The molecule has 230 valence electrons. The lowest BCUT2D eigenvalue weighted by Crippen LogP contribution is -2.41. The zero-order valence-corrected chi connectivity index (χ0v) is 26.4. The second kappa shape index (κ2) is 7.51. The van der Waals surface area contributed by atoms with Crippen LogP contribution in [0.2, 0.25) is 0 Å². The van der Waals surface area contributed by atoms with Gasteiger partial charge in [-0.25, -0.2) is 0 Å². The number of hydrogen-bond donors (Lipinski definition) is 0. The van der Waals surface area contributed by atoms with Crippen molar-refractivity contribution in [3.05, 3.63) is 75.5 Å². The summed E-state index contributed by atoms with van der Waals surface area (Å²) in [4.78, 5) is 25.3. The summed E-state index contributed by atoms with van der Waals surface area (Å²) in [5, 5.41) is 6.48. The highest BCUT2D eigenvalue weighted by Crippen LogP contribution is 2.76. The minimum absolute atomic E-state index is 0.0920. The number of para-hydroxylation sites is 1. The van der Waals surface area contributed by atoms with E-state index in [9.17, 15) is 4.79 Å². The highest BCUT2D eigenvalue weighted by atomic mass is 16.3. The Balaban J connectivity index is 1.22. The largest absolute Gasteiger partial charge is 0.455 e. The zero-order chi connectivity index (χ0) is 30.1. The Kier molecular flexibility index (Phi) is 3.86. The van der Waals surface area contributed by atoms with Crippen LogP contribution in [0, 0.1) is 29.1 Å². The summed E-state index contributed by atoms with van der Waals surface area (Å²) in [5.41, 5.74) is 11.4. The number of rotatable bonds is 0. The van der Waals surface area contributed by atoms with Crippen LogP contribution in [0.1, 0.15) is 110 Å². The number of benzene rings is 2. The summed E-state index contributed by atoms with van der Waals surface area (Å²) in [6.45, 7) is 0. The predicted octanol–water partition coefficient (Wildman–Crippen LogP) is 9.67. The van der Waals surface area contributed by atoms with Crippen molar-refractivity contribution in [2.45, 2.75) is 87.9 Å². The lowest BCUT2D eigenvalue weighted by atomic mass is 9.56. The van der Waals surface area contributed by atoms with Gasteiger partial charge in [0.05, 0.1) is 45.1 Å². The molecule has 0 amide bonds. The monoisotopic (exact) mass is 613 g/mol. The third-order valence-electron chi connectivity index (χ3n) is 15.6. The van der Waals surface area contributed by atoms with Crippen molar-refractivity contribution in [1.82, 2.24) is 14.4 Å². The van der Waals surface area contributed by atoms with Gasteiger partial charge in [-0.3, -0.25) is 14.8 Å². The number of nitrogens with zero attached hydrogens (tertiary/aromatic N) is 3. The molecule has 5 saturated carbocycles. The molecule has 15 rings (SSSR count). The molecule has 5 fully saturated rings. The minimum atomic E-state index is 0.0920. The van der Waals surface area contributed by atoms with Gasteiger partial charge in [0.25, 0.3) is 0 Å². The van der Waals surface area contributed by atoms with E-state index in [1.54, 1.807) is 0 Å². The average Bonchev–Trinajstić information content (AvgIpc) is 3.72. The molecule has 5 nitrogen and oxygen atoms in total. The van der Waals surface area contributed by atoms with E-state index in [2.05, 4.69) is 22.9 Å². The van der Waals surface area contributed by atoms with Gasteiger partial charge in [-0.05, 0) is 134 Å². The fourth-order valence-corrected chi connectivity index (χ4v) is 14.3. The van der Waals surface area contributed by atoms with Crippen molar-refractivity contribution < 1.29 is 4.42 Å². The van der Waals surface area contributed by atoms with Gasteiger partial charge < -0.3 is 8.82 Å². The van der Waals surface area contributed by atoms with Gasteiger partial charge in [0, 0.05) is 39.4 Å². The fourth-order valence-electron chi connectivity index (χ4n) is 14.3. The molecule has 1 spiro atoms. The quantitative estimate of drug-likeness (QED) is 0.160. The number of fused-ring (bicyclic) bond motifs is 15. The maximum atomic E-state index is 14.5. The molecule has 7 unspecified atom stereocenters. The van der Waals surface area contributed by atoms with E-state index in [4.69, 9.17) is 14.4 Å². The normalized spacial score (nSPS) is 35.8. The van der Waals surface area contributed by atoms with Crippen LogP contribution in [0.5, 0.6) is 0 Å². The van der Waals surface area contributed by atoms with Crippen LogP contribution in [0.3, 0.4) is 0 Å². The minimum Gasteiger partial charge on any atom is -0.455 e. The Bertz CT molecular complexity index is 2690. The number of aromatic nitrogens is 3. The summed E-state index contributed by atoms with van der Waals surface area (Å²) in [6.07, 6.45) is 17.7. The molecule has 0 aliphatic heterocycles. The zero-order valence-electron chi connectivity index (χ0n) is 26.4. The van der Waals surface area contributed by atoms with Crippen LogP contribution in [0.15, 0.2) is 51.9 Å². The van der Waals surface area contributed by atoms with Crippen LogP contribution < -0.4 is 5.43 Å². The standard InChI is InChI=1S/C42H35N3O2/c46-40-26-3-1-2-4-31(26)47-41-28(40)13-27-34-29(16-43-37-21-8-18-5-19(9-21)7-20(6-18)32(34)37)45-30-17-44-38-23-11-25-12-24-10-22(14-42(24,25)15-23)33(38)35(30)36(41)39(27)45/h1-4,13,16-25H,5-12,14-15H2. The Morgan fingerprint density at radius 2 is 1.38 bits per heavy atom. The average molecular weight is 614 g/mol. The summed E-state index contributed by atoms with van der Waals surface area (Å²) < 4.78 is 9.42. The van der Waals surface area contributed by atoms with Crippen LogP contribution in [-0.2, 0) is 0 Å². The molecule has 0 saturated heterocycles. The molecule has 0 radical (unpaired) electrons. The Morgan fingerprint density at radius 3 is 2.23 bits per heavy atom. The molecule has 47 heavy (non-hydrogen) atoms. The molecule has 8 aliphatic rings. The lowest BCUT2D eigenvalue weighted by Gasteiger charge is -2.48. The van der Waals surface area contributed by atoms with Crippen LogP contribution in [0.4, 0.5) is 0 Å². The summed E-state index contributed by atoms with van der Waals surface area (Å²) >= 11 is 0. The molecule has 8 aliphatic carbocycles. The van der Waals surface area contributed by atoms with Crippen LogP contribution >= 0.6 is 0 Å². The van der Waals surface area contributed by atoms with Crippen LogP contribution in [0.25, 0.3) is 60.0 Å². The van der Waals surface area contributed by atoms with Crippen molar-refractivity contribution in [3.63, 3.8) is 0 Å². The highest BCUT2D eigenvalue weighted by molar-refractivity contribution is 6.31. The van der Waals surface area contributed by atoms with Crippen molar-refractivity contribution in [2.75, 3.05) is 0 Å². The number of hydrogen-bond acceptors (Lipinski definition) is 4. The first kappa shape index (κ1) is 24.2. The first-order chi connectivity index (χ1) is 23.1. The smallest absolute Gasteiger partial charge is 0.200 e. The highest BCUT2D eigenvalue weighted by Gasteiger charge is 2.66. The fraction of sp³-hybridized carbons (Fsp3) is 0.452. The molecule has 2 aromatic carbocycles. The van der Waals surface area contributed by atoms with E-state index in [1.807, 2.05) is 24.3 Å². The summed E-state index contributed by atoms with van der Waals surface area (Å²) in [6, 6.07) is 10.1. The molecular weight excluding hydrogens is 578 g/mol. The van der Waals surface area contributed by atoms with Crippen molar-refractivity contribution in [2.24, 2.45) is 29.1 Å². The first-order valence-electron chi connectivity index (χ1n) is 18.5. The molecule has 5 heterocycles. The number of pyridine rings is 2. The SMILES string of the molecule is O=c1c2ccccc2oc2c1cc1c3c4c(ncc3n3c5cnc6c(c5c2c13)C1CC2CC3CC6CC32C1)C1CC2CC(C1)CC4C2. The molecule has 5 heteroatoms. The van der Waals surface area contributed by atoms with Crippen LogP contribution in [-0.4, -0.2) is 14.4 Å². The van der Waals surface area contributed by atoms with Gasteiger partial charge in [0.1, 0.15) is 11.2 Å². The van der Waals surface area contributed by atoms with Gasteiger partial charge in [0.2, 0.25) is 5.43 Å². The molecule has 7 atom stereocenters. The second-order valence-corrected chi connectivity index (χ2v) is 17.4. The molecule has 0 N–H and O–H groups in total. The van der Waals surface area contributed by atoms with E-state index < -0.39 is 0 Å². The Hall–Kier alpha value is -3.99.